The molecule has 38 heavy (non-hydrogen) atoms. The van der Waals surface area contributed by atoms with Gasteiger partial charge in [0.05, 0.1) is 24.6 Å². The Morgan fingerprint density at radius 3 is 2.84 bits per heavy atom. The number of azide groups is 1. The minimum Gasteiger partial charge on any atom is -0.369 e. The minimum atomic E-state index is -3.14. The molecule has 1 aliphatic rings. The van der Waals surface area contributed by atoms with Gasteiger partial charge in [0.15, 0.2) is 0 Å². The third kappa shape index (κ3) is 6.36. The fourth-order valence-electron chi connectivity index (χ4n) is 4.15. The maximum Gasteiger partial charge on any atom is 0.283 e. The molecule has 198 valence electrons. The molecule has 0 fully saturated rings. The molecule has 0 radical (unpaired) electrons. The van der Waals surface area contributed by atoms with Crippen LogP contribution in [0.15, 0.2) is 54.2 Å². The van der Waals surface area contributed by atoms with E-state index in [9.17, 15) is 18.0 Å². The Kier molecular flexibility index (Phi) is 8.08. The van der Waals surface area contributed by atoms with Crippen LogP contribution in [0.5, 0.6) is 0 Å². The number of hydrogen-bond acceptors (Lipinski definition) is 7. The van der Waals surface area contributed by atoms with Crippen LogP contribution in [0.25, 0.3) is 27.6 Å². The van der Waals surface area contributed by atoms with E-state index in [1.165, 1.54) is 29.2 Å². The average Bonchev–Trinajstić information content (AvgIpc) is 3.48. The number of alkyl halides is 2. The third-order valence-electron chi connectivity index (χ3n) is 5.80. The average molecular weight is 528 g/mol. The zero-order chi connectivity index (χ0) is 27.3. The number of benzene rings is 1. The van der Waals surface area contributed by atoms with Crippen LogP contribution in [0.2, 0.25) is 0 Å². The number of carbonyl (C=O) groups excluding carboxylic acids is 1. The molecule has 2 aromatic heterocycles. The molecule has 0 spiro atoms. The first-order chi connectivity index (χ1) is 18.2. The molecule has 3 heterocycles. The number of anilines is 1. The molecule has 11 nitrogen and oxygen atoms in total. The molecule has 0 atom stereocenters. The van der Waals surface area contributed by atoms with Crippen molar-refractivity contribution in [2.75, 3.05) is 24.9 Å². The molecule has 0 bridgehead atoms. The van der Waals surface area contributed by atoms with Crippen molar-refractivity contribution in [3.63, 3.8) is 0 Å². The Morgan fingerprint density at radius 2 is 2.11 bits per heavy atom. The van der Waals surface area contributed by atoms with Gasteiger partial charge in [-0.05, 0) is 34.9 Å². The van der Waals surface area contributed by atoms with Crippen LogP contribution in [0.4, 0.5) is 18.9 Å². The van der Waals surface area contributed by atoms with Gasteiger partial charge >= 0.3 is 0 Å². The predicted octanol–water partition coefficient (Wildman–Crippen LogP) is 3.78. The summed E-state index contributed by atoms with van der Waals surface area (Å²) in [4.78, 5) is 20.6. The van der Waals surface area contributed by atoms with E-state index < -0.39 is 37.5 Å². The van der Waals surface area contributed by atoms with Crippen LogP contribution in [-0.2, 0) is 29.7 Å². The lowest BCUT2D eigenvalue weighted by atomic mass is 10.0. The molecule has 14 heteroatoms. The molecule has 1 aromatic carbocycles. The Morgan fingerprint density at radius 1 is 1.32 bits per heavy atom. The van der Waals surface area contributed by atoms with Gasteiger partial charge in [0, 0.05) is 60.2 Å². The maximum atomic E-state index is 14.5. The number of aromatic nitrogens is 3. The summed E-state index contributed by atoms with van der Waals surface area (Å²) in [6, 6.07) is 5.02. The molecular weight excluding hydrogens is 503 g/mol. The van der Waals surface area contributed by atoms with E-state index in [-0.39, 0.29) is 12.1 Å². The highest BCUT2D eigenvalue weighted by Gasteiger charge is 2.34. The third-order valence-corrected chi connectivity index (χ3v) is 5.80. The number of hydrazine groups is 1. The molecule has 0 saturated carbocycles. The van der Waals surface area contributed by atoms with Gasteiger partial charge < -0.3 is 4.74 Å². The lowest BCUT2D eigenvalue weighted by Gasteiger charge is -2.22. The van der Waals surface area contributed by atoms with Gasteiger partial charge in [-0.3, -0.25) is 19.4 Å². The van der Waals surface area contributed by atoms with E-state index in [0.29, 0.717) is 23.4 Å². The van der Waals surface area contributed by atoms with Crippen molar-refractivity contribution >= 4 is 17.7 Å². The summed E-state index contributed by atoms with van der Waals surface area (Å²) in [6.45, 7) is -1.36. The summed E-state index contributed by atoms with van der Waals surface area (Å²) in [6.07, 6.45) is 8.28. The second-order valence-electron chi connectivity index (χ2n) is 8.69. The first kappa shape index (κ1) is 26.8. The SMILES string of the molecule is Cn1cc(-c2c(F)cncc2/C=C/C(=O)N(N)c2ccc3c(c2)CN(CC(F)(F)COCN=[N+]=[N-])C3)cn1. The van der Waals surface area contributed by atoms with Crippen LogP contribution in [0.3, 0.4) is 0 Å². The topological polar surface area (TPSA) is 138 Å². The van der Waals surface area contributed by atoms with Gasteiger partial charge in [0.2, 0.25) is 0 Å². The molecule has 1 amide bonds. The first-order valence-corrected chi connectivity index (χ1v) is 11.4. The lowest BCUT2D eigenvalue weighted by Crippen LogP contribution is -2.37. The van der Waals surface area contributed by atoms with Crippen LogP contribution in [0, 0.1) is 5.82 Å². The number of rotatable bonds is 10. The largest absolute Gasteiger partial charge is 0.369 e. The van der Waals surface area contributed by atoms with Gasteiger partial charge in [-0.15, -0.1) is 0 Å². The van der Waals surface area contributed by atoms with E-state index in [4.69, 9.17) is 16.1 Å². The van der Waals surface area contributed by atoms with Crippen molar-refractivity contribution in [2.24, 2.45) is 18.0 Å². The van der Waals surface area contributed by atoms with Crippen molar-refractivity contribution in [3.05, 3.63) is 82.0 Å². The van der Waals surface area contributed by atoms with Crippen molar-refractivity contribution in [3.8, 4) is 11.1 Å². The number of ether oxygens (including phenoxy) is 1. The number of nitrogens with zero attached hydrogens (tertiary/aromatic N) is 8. The highest BCUT2D eigenvalue weighted by atomic mass is 19.3. The number of carbonyl (C=O) groups is 1. The Bertz CT molecular complexity index is 1400. The fraction of sp³-hybridized carbons (Fsp3) is 0.292. The summed E-state index contributed by atoms with van der Waals surface area (Å²) in [7, 11) is 1.71. The van der Waals surface area contributed by atoms with Crippen molar-refractivity contribution in [1.82, 2.24) is 19.7 Å². The zero-order valence-corrected chi connectivity index (χ0v) is 20.3. The van der Waals surface area contributed by atoms with Crippen LogP contribution in [0.1, 0.15) is 16.7 Å². The van der Waals surface area contributed by atoms with Crippen LogP contribution < -0.4 is 10.9 Å². The van der Waals surface area contributed by atoms with Crippen LogP contribution >= 0.6 is 0 Å². The number of pyridine rings is 1. The quantitative estimate of drug-likeness (QED) is 0.0622. The number of halogens is 3. The molecule has 3 aromatic rings. The Hall–Kier alpha value is -4.23. The second kappa shape index (κ2) is 11.4. The first-order valence-electron chi connectivity index (χ1n) is 11.4. The predicted molar refractivity (Wildman–Crippen MR) is 133 cm³/mol. The number of hydrogen-bond donors (Lipinski definition) is 1. The fourth-order valence-corrected chi connectivity index (χ4v) is 4.15. The minimum absolute atomic E-state index is 0.233. The summed E-state index contributed by atoms with van der Waals surface area (Å²) in [5.41, 5.74) is 11.3. The molecule has 0 unspecified atom stereocenters. The number of fused-ring (bicyclic) bond motifs is 1. The highest BCUT2D eigenvalue weighted by Crippen LogP contribution is 2.30. The molecule has 2 N–H and O–H groups in total. The van der Waals surface area contributed by atoms with Gasteiger partial charge in [0.25, 0.3) is 11.8 Å². The van der Waals surface area contributed by atoms with E-state index in [1.54, 1.807) is 36.3 Å². The summed E-state index contributed by atoms with van der Waals surface area (Å²) in [5, 5.41) is 8.05. The van der Waals surface area contributed by atoms with Gasteiger partial charge in [0.1, 0.15) is 19.2 Å². The normalized spacial score (nSPS) is 13.5. The highest BCUT2D eigenvalue weighted by molar-refractivity contribution is 6.03. The molecule has 0 saturated heterocycles. The number of amides is 1. The van der Waals surface area contributed by atoms with Gasteiger partial charge in [-0.1, -0.05) is 11.2 Å². The molecular formula is C24H24F3N9O2. The summed E-state index contributed by atoms with van der Waals surface area (Å²) >= 11 is 0. The molecule has 1 aliphatic heterocycles. The van der Waals surface area contributed by atoms with Gasteiger partial charge in [-0.25, -0.2) is 24.0 Å². The summed E-state index contributed by atoms with van der Waals surface area (Å²) < 4.78 is 49.2. The zero-order valence-electron chi connectivity index (χ0n) is 20.3. The van der Waals surface area contributed by atoms with E-state index in [1.807, 2.05) is 0 Å². The van der Waals surface area contributed by atoms with E-state index in [0.717, 1.165) is 22.3 Å². The Labute approximate surface area is 215 Å². The maximum absolute atomic E-state index is 14.5. The second-order valence-corrected chi connectivity index (χ2v) is 8.69. The number of nitrogens with two attached hydrogens (primary N) is 1. The van der Waals surface area contributed by atoms with Crippen molar-refractivity contribution in [1.29, 1.82) is 0 Å². The van der Waals surface area contributed by atoms with Gasteiger partial charge in [-0.2, -0.15) is 5.10 Å². The standard InChI is InChI=1S/C24H24F3N9O2/c1-34-10-19(8-32-34)23-16(7-30-9-21(23)25)3-5-22(37)36(29)20-4-2-17-11-35(12-18(17)6-20)13-24(26,27)14-38-15-31-33-28/h2-10H,11-15,29H2,1H3/b5-3+. The lowest BCUT2D eigenvalue weighted by molar-refractivity contribution is -0.114. The monoisotopic (exact) mass is 527 g/mol. The summed E-state index contributed by atoms with van der Waals surface area (Å²) in [5.74, 6) is 1.76. The van der Waals surface area contributed by atoms with Crippen molar-refractivity contribution < 1.29 is 22.7 Å². The van der Waals surface area contributed by atoms with Crippen molar-refractivity contribution in [2.45, 2.75) is 19.0 Å². The van der Waals surface area contributed by atoms with E-state index >= 15 is 0 Å². The Balaban J connectivity index is 1.42. The van der Waals surface area contributed by atoms with Crippen LogP contribution in [-0.4, -0.2) is 51.4 Å². The van der Waals surface area contributed by atoms with E-state index in [2.05, 4.69) is 20.1 Å². The number of aryl methyl sites for hydroxylation is 1. The smallest absolute Gasteiger partial charge is 0.283 e. The molecule has 4 rings (SSSR count). The molecule has 0 aliphatic carbocycles.